The molecule has 4 rings (SSSR count). The zero-order chi connectivity index (χ0) is 19.6. The summed E-state index contributed by atoms with van der Waals surface area (Å²) >= 11 is 6.06. The number of carbonyl (C=O) groups excluding carboxylic acids is 1. The van der Waals surface area contributed by atoms with Crippen molar-refractivity contribution in [3.8, 4) is 11.1 Å². The van der Waals surface area contributed by atoms with Crippen LogP contribution in [0.3, 0.4) is 0 Å². The maximum absolute atomic E-state index is 15.8. The number of pyridine rings is 1. The number of amides is 1. The zero-order valence-electron chi connectivity index (χ0n) is 15.3. The van der Waals surface area contributed by atoms with Gasteiger partial charge in [-0.25, -0.2) is 9.38 Å². The largest absolute Gasteiger partial charge is 0.369 e. The van der Waals surface area contributed by atoms with Crippen LogP contribution in [0.25, 0.3) is 11.1 Å². The molecule has 2 heterocycles. The second-order valence-electron chi connectivity index (χ2n) is 7.89. The molecular formula is C20H20ClFN4O. The minimum Gasteiger partial charge on any atom is -0.369 e. The predicted octanol–water partition coefficient (Wildman–Crippen LogP) is 3.30. The normalized spacial score (nSPS) is 26.3. The highest BCUT2D eigenvalue weighted by molar-refractivity contribution is 6.30. The Kier molecular flexibility index (Phi) is 3.82. The van der Waals surface area contributed by atoms with Crippen molar-refractivity contribution in [2.45, 2.75) is 32.0 Å². The molecule has 2 aliphatic rings. The van der Waals surface area contributed by atoms with Gasteiger partial charge in [-0.05, 0) is 35.2 Å². The maximum Gasteiger partial charge on any atom is 0.264 e. The molecule has 140 valence electrons. The number of rotatable bonds is 1. The molecule has 1 amide bonds. The standard InChI is InChI=1S/C20H20ClFN4O/c1-19(2)8-12-5-4-11(13-6-14(21)10-24-9-13)7-15(12)20(16(19)22)17(27)26(3)18(23)25-20/h4-7,9-10,16H,8H2,1-3H3,(H2,23,25). The highest BCUT2D eigenvalue weighted by Crippen LogP contribution is 2.52. The van der Waals surface area contributed by atoms with Crippen LogP contribution in [0, 0.1) is 5.41 Å². The highest BCUT2D eigenvalue weighted by Gasteiger charge is 2.61. The lowest BCUT2D eigenvalue weighted by molar-refractivity contribution is -0.136. The van der Waals surface area contributed by atoms with Crippen LogP contribution in [0.4, 0.5) is 4.39 Å². The van der Waals surface area contributed by atoms with Crippen LogP contribution >= 0.6 is 11.6 Å². The Morgan fingerprint density at radius 2 is 2.00 bits per heavy atom. The monoisotopic (exact) mass is 386 g/mol. The van der Waals surface area contributed by atoms with Gasteiger partial charge in [-0.3, -0.25) is 14.7 Å². The molecule has 0 radical (unpaired) electrons. The molecule has 5 nitrogen and oxygen atoms in total. The Morgan fingerprint density at radius 1 is 1.26 bits per heavy atom. The van der Waals surface area contributed by atoms with Crippen molar-refractivity contribution in [2.75, 3.05) is 7.05 Å². The van der Waals surface area contributed by atoms with Crippen LogP contribution in [0.2, 0.25) is 5.02 Å². The molecule has 1 aromatic carbocycles. The lowest BCUT2D eigenvalue weighted by atomic mass is 9.63. The van der Waals surface area contributed by atoms with Gasteiger partial charge in [-0.15, -0.1) is 0 Å². The van der Waals surface area contributed by atoms with E-state index in [1.807, 2.05) is 32.0 Å². The summed E-state index contributed by atoms with van der Waals surface area (Å²) in [6, 6.07) is 7.46. The minimum atomic E-state index is -1.65. The topological polar surface area (TPSA) is 71.6 Å². The van der Waals surface area contributed by atoms with Crippen LogP contribution in [0.1, 0.15) is 25.0 Å². The second kappa shape index (κ2) is 5.76. The molecule has 0 fully saturated rings. The van der Waals surface area contributed by atoms with Gasteiger partial charge in [-0.1, -0.05) is 37.6 Å². The van der Waals surface area contributed by atoms with Crippen molar-refractivity contribution in [1.29, 1.82) is 0 Å². The number of hydrogen-bond donors (Lipinski definition) is 1. The molecule has 7 heteroatoms. The smallest absolute Gasteiger partial charge is 0.264 e. The van der Waals surface area contributed by atoms with Gasteiger partial charge in [0.15, 0.2) is 11.5 Å². The van der Waals surface area contributed by atoms with Gasteiger partial charge < -0.3 is 5.73 Å². The maximum atomic E-state index is 15.8. The van der Waals surface area contributed by atoms with Crippen molar-refractivity contribution in [2.24, 2.45) is 16.1 Å². The quantitative estimate of drug-likeness (QED) is 0.817. The van der Waals surface area contributed by atoms with E-state index in [4.69, 9.17) is 17.3 Å². The van der Waals surface area contributed by atoms with Gasteiger partial charge in [0.05, 0.1) is 5.02 Å². The lowest BCUT2D eigenvalue weighted by Gasteiger charge is -2.44. The third kappa shape index (κ3) is 2.46. The first-order valence-corrected chi connectivity index (χ1v) is 9.06. The van der Waals surface area contributed by atoms with Gasteiger partial charge >= 0.3 is 0 Å². The molecule has 1 aliphatic heterocycles. The summed E-state index contributed by atoms with van der Waals surface area (Å²) in [4.78, 5) is 22.8. The fraction of sp³-hybridized carbons (Fsp3) is 0.350. The number of nitrogens with zero attached hydrogens (tertiary/aromatic N) is 3. The average molecular weight is 387 g/mol. The molecule has 2 N–H and O–H groups in total. The van der Waals surface area contributed by atoms with E-state index in [-0.39, 0.29) is 5.96 Å². The number of aromatic nitrogens is 1. The van der Waals surface area contributed by atoms with Crippen LogP contribution < -0.4 is 5.73 Å². The van der Waals surface area contributed by atoms with Crippen LogP contribution in [0.15, 0.2) is 41.7 Å². The average Bonchev–Trinajstić information content (AvgIpc) is 2.85. The van der Waals surface area contributed by atoms with Gasteiger partial charge in [0.25, 0.3) is 5.91 Å². The van der Waals surface area contributed by atoms with Gasteiger partial charge in [0, 0.05) is 30.4 Å². The fourth-order valence-electron chi connectivity index (χ4n) is 4.12. The molecule has 27 heavy (non-hydrogen) atoms. The first-order chi connectivity index (χ1) is 12.7. The molecule has 1 spiro atoms. The molecule has 1 aliphatic carbocycles. The number of halogens is 2. The number of hydrogen-bond acceptors (Lipinski definition) is 4. The second-order valence-corrected chi connectivity index (χ2v) is 8.33. The summed E-state index contributed by atoms with van der Waals surface area (Å²) in [7, 11) is 1.52. The Hall–Kier alpha value is -2.47. The zero-order valence-corrected chi connectivity index (χ0v) is 16.1. The molecular weight excluding hydrogens is 367 g/mol. The Morgan fingerprint density at radius 3 is 2.63 bits per heavy atom. The molecule has 0 saturated carbocycles. The summed E-state index contributed by atoms with van der Waals surface area (Å²) in [6.45, 7) is 3.63. The van der Waals surface area contributed by atoms with Crippen LogP contribution in [-0.2, 0) is 16.8 Å². The number of fused-ring (bicyclic) bond motifs is 2. The van der Waals surface area contributed by atoms with E-state index in [9.17, 15) is 4.79 Å². The van der Waals surface area contributed by atoms with Gasteiger partial charge in [0.2, 0.25) is 0 Å². The molecule has 2 aromatic rings. The summed E-state index contributed by atoms with van der Waals surface area (Å²) in [5, 5.41) is 0.503. The summed E-state index contributed by atoms with van der Waals surface area (Å²) < 4.78 is 15.8. The van der Waals surface area contributed by atoms with Crippen LogP contribution in [-0.4, -0.2) is 35.0 Å². The number of aliphatic imine (C=N–C) groups is 1. The molecule has 0 saturated heterocycles. The summed E-state index contributed by atoms with van der Waals surface area (Å²) in [6.07, 6.45) is 2.23. The van der Waals surface area contributed by atoms with E-state index < -0.39 is 23.0 Å². The van der Waals surface area contributed by atoms with E-state index in [1.54, 1.807) is 18.5 Å². The van der Waals surface area contributed by atoms with Gasteiger partial charge in [-0.2, -0.15) is 0 Å². The lowest BCUT2D eigenvalue weighted by Crippen LogP contribution is -2.54. The van der Waals surface area contributed by atoms with E-state index in [0.717, 1.165) is 16.7 Å². The van der Waals surface area contributed by atoms with E-state index >= 15 is 4.39 Å². The first-order valence-electron chi connectivity index (χ1n) is 8.69. The Bertz CT molecular complexity index is 990. The molecule has 2 unspecified atom stereocenters. The molecule has 2 atom stereocenters. The van der Waals surface area contributed by atoms with Gasteiger partial charge in [0.1, 0.15) is 6.17 Å². The number of guanidine groups is 1. The predicted molar refractivity (Wildman–Crippen MR) is 103 cm³/mol. The minimum absolute atomic E-state index is 0.0288. The SMILES string of the molecule is CN1C(=O)C2(N=C1N)c1cc(-c3cncc(Cl)c3)ccc1CC(C)(C)C2F. The Labute approximate surface area is 162 Å². The van der Waals surface area contributed by atoms with Crippen molar-refractivity contribution >= 4 is 23.5 Å². The van der Waals surface area contributed by atoms with Crippen molar-refractivity contribution in [1.82, 2.24) is 9.88 Å². The number of likely N-dealkylation sites (N-methyl/N-ethyl adjacent to an activating group) is 1. The summed E-state index contributed by atoms with van der Waals surface area (Å²) in [5.74, 6) is -0.413. The number of nitrogens with two attached hydrogens (primary N) is 1. The van der Waals surface area contributed by atoms with E-state index in [2.05, 4.69) is 9.98 Å². The molecule has 1 aromatic heterocycles. The van der Waals surface area contributed by atoms with Crippen molar-refractivity contribution in [3.05, 3.63) is 52.8 Å². The van der Waals surface area contributed by atoms with Crippen LogP contribution in [0.5, 0.6) is 0 Å². The highest BCUT2D eigenvalue weighted by atomic mass is 35.5. The number of alkyl halides is 1. The van der Waals surface area contributed by atoms with Crippen molar-refractivity contribution in [3.63, 3.8) is 0 Å². The van der Waals surface area contributed by atoms with Crippen molar-refractivity contribution < 1.29 is 9.18 Å². The first kappa shape index (κ1) is 17.9. The third-order valence-corrected chi connectivity index (χ3v) is 5.73. The Balaban J connectivity index is 1.97. The third-order valence-electron chi connectivity index (χ3n) is 5.52. The number of carbonyl (C=O) groups is 1. The van der Waals surface area contributed by atoms with E-state index in [1.165, 1.54) is 11.9 Å². The molecule has 0 bridgehead atoms. The summed E-state index contributed by atoms with van der Waals surface area (Å²) in [5.41, 5.74) is 6.55. The van der Waals surface area contributed by atoms with E-state index in [0.29, 0.717) is 17.0 Å². The number of benzene rings is 1. The fourth-order valence-corrected chi connectivity index (χ4v) is 4.29.